The van der Waals surface area contributed by atoms with Crippen LogP contribution in [0.15, 0.2) is 18.3 Å². The van der Waals surface area contributed by atoms with Crippen molar-refractivity contribution in [3.8, 4) is 0 Å². The first-order chi connectivity index (χ1) is 8.66. The van der Waals surface area contributed by atoms with Gasteiger partial charge in [0.25, 0.3) is 5.91 Å². The van der Waals surface area contributed by atoms with Crippen molar-refractivity contribution < 1.29 is 9.90 Å². The first kappa shape index (κ1) is 13.3. The zero-order chi connectivity index (χ0) is 13.0. The molecule has 98 valence electrons. The van der Waals surface area contributed by atoms with Gasteiger partial charge in [-0.05, 0) is 30.9 Å². The van der Waals surface area contributed by atoms with Crippen LogP contribution < -0.4 is 5.32 Å². The topological polar surface area (TPSA) is 62.2 Å². The van der Waals surface area contributed by atoms with Crippen molar-refractivity contribution in [1.82, 2.24) is 10.3 Å². The van der Waals surface area contributed by atoms with Crippen molar-refractivity contribution in [3.05, 3.63) is 29.0 Å². The van der Waals surface area contributed by atoms with Crippen molar-refractivity contribution in [2.45, 2.75) is 31.8 Å². The number of aliphatic hydroxyl groups excluding tert-OH is 1. The van der Waals surface area contributed by atoms with E-state index in [0.717, 1.165) is 12.8 Å². The van der Waals surface area contributed by atoms with Gasteiger partial charge in [0.15, 0.2) is 0 Å². The van der Waals surface area contributed by atoms with E-state index in [9.17, 15) is 9.90 Å². The molecular weight excluding hydrogens is 252 g/mol. The van der Waals surface area contributed by atoms with Crippen molar-refractivity contribution in [2.24, 2.45) is 5.92 Å². The minimum Gasteiger partial charge on any atom is -0.391 e. The molecule has 4 nitrogen and oxygen atoms in total. The van der Waals surface area contributed by atoms with Gasteiger partial charge < -0.3 is 10.4 Å². The molecular formula is C13H17ClN2O2. The monoisotopic (exact) mass is 268 g/mol. The number of nitrogens with zero attached hydrogens (tertiary/aromatic N) is 1. The smallest absolute Gasteiger partial charge is 0.269 e. The van der Waals surface area contributed by atoms with Crippen LogP contribution >= 0.6 is 11.6 Å². The Balaban J connectivity index is 1.82. The molecule has 1 unspecified atom stereocenters. The number of hydrogen-bond donors (Lipinski definition) is 2. The fourth-order valence-corrected chi connectivity index (χ4v) is 2.42. The fourth-order valence-electron chi connectivity index (χ4n) is 2.31. The maximum Gasteiger partial charge on any atom is 0.269 e. The molecule has 1 atom stereocenters. The largest absolute Gasteiger partial charge is 0.391 e. The van der Waals surface area contributed by atoms with Gasteiger partial charge in [0, 0.05) is 12.7 Å². The Hall–Kier alpha value is -1.13. The second-order valence-corrected chi connectivity index (χ2v) is 5.12. The number of hydrogen-bond acceptors (Lipinski definition) is 3. The van der Waals surface area contributed by atoms with Gasteiger partial charge in [-0.15, -0.1) is 0 Å². The molecule has 1 saturated carbocycles. The highest BCUT2D eigenvalue weighted by Crippen LogP contribution is 2.27. The second kappa shape index (κ2) is 6.16. The molecule has 0 bridgehead atoms. The molecule has 1 aromatic rings. The van der Waals surface area contributed by atoms with Crippen LogP contribution in [0.2, 0.25) is 5.02 Å². The van der Waals surface area contributed by atoms with Crippen LogP contribution in [0.5, 0.6) is 0 Å². The number of nitrogens with one attached hydrogen (secondary N) is 1. The number of rotatable bonds is 4. The molecule has 1 heterocycles. The molecule has 0 aliphatic heterocycles. The number of aromatic nitrogens is 1. The van der Waals surface area contributed by atoms with Gasteiger partial charge in [-0.1, -0.05) is 24.4 Å². The summed E-state index contributed by atoms with van der Waals surface area (Å²) in [5, 5.41) is 13.1. The first-order valence-electron chi connectivity index (χ1n) is 6.24. The van der Waals surface area contributed by atoms with Crippen LogP contribution in [0.25, 0.3) is 0 Å². The van der Waals surface area contributed by atoms with Gasteiger partial charge >= 0.3 is 0 Å². The lowest BCUT2D eigenvalue weighted by molar-refractivity contribution is 0.0836. The highest BCUT2D eigenvalue weighted by atomic mass is 35.5. The maximum atomic E-state index is 11.7. The Bertz CT molecular complexity index is 402. The summed E-state index contributed by atoms with van der Waals surface area (Å²) in [5.74, 6) is 0.0483. The predicted octanol–water partition coefficient (Wildman–Crippen LogP) is 2.02. The number of aliphatic hydroxyl groups is 1. The molecule has 1 fully saturated rings. The second-order valence-electron chi connectivity index (χ2n) is 4.68. The third-order valence-electron chi connectivity index (χ3n) is 3.38. The molecule has 0 aromatic carbocycles. The zero-order valence-electron chi connectivity index (χ0n) is 10.1. The minimum atomic E-state index is -0.455. The van der Waals surface area contributed by atoms with E-state index in [4.69, 9.17) is 11.6 Å². The van der Waals surface area contributed by atoms with Crippen LogP contribution in [-0.4, -0.2) is 28.6 Å². The van der Waals surface area contributed by atoms with Gasteiger partial charge in [-0.2, -0.15) is 0 Å². The molecule has 0 spiro atoms. The van der Waals surface area contributed by atoms with Gasteiger partial charge in [-0.3, -0.25) is 4.79 Å². The summed E-state index contributed by atoms with van der Waals surface area (Å²) in [6.45, 7) is 0.286. The van der Waals surface area contributed by atoms with Gasteiger partial charge in [0.1, 0.15) is 5.69 Å². The Morgan fingerprint density at radius 1 is 1.50 bits per heavy atom. The van der Waals surface area contributed by atoms with E-state index in [1.807, 2.05) is 0 Å². The standard InChI is InChI=1S/C13H17ClN2O2/c14-10-5-6-11(15-7-10)13(18)16-8-12(17)9-3-1-2-4-9/h5-7,9,12,17H,1-4,8H2,(H,16,18). The molecule has 18 heavy (non-hydrogen) atoms. The third kappa shape index (κ3) is 3.43. The molecule has 1 aliphatic rings. The van der Waals surface area contributed by atoms with E-state index in [-0.39, 0.29) is 12.5 Å². The van der Waals surface area contributed by atoms with E-state index < -0.39 is 6.10 Å². The van der Waals surface area contributed by atoms with Crippen LogP contribution in [0, 0.1) is 5.92 Å². The van der Waals surface area contributed by atoms with Crippen molar-refractivity contribution in [2.75, 3.05) is 6.54 Å². The lowest BCUT2D eigenvalue weighted by atomic mass is 10.0. The van der Waals surface area contributed by atoms with Crippen LogP contribution in [0.4, 0.5) is 0 Å². The van der Waals surface area contributed by atoms with Crippen LogP contribution in [-0.2, 0) is 0 Å². The molecule has 1 aromatic heterocycles. The Morgan fingerprint density at radius 2 is 2.22 bits per heavy atom. The summed E-state index contributed by atoms with van der Waals surface area (Å²) in [7, 11) is 0. The number of pyridine rings is 1. The normalized spacial score (nSPS) is 17.7. The fraction of sp³-hybridized carbons (Fsp3) is 0.538. The lowest BCUT2D eigenvalue weighted by Crippen LogP contribution is -2.35. The quantitative estimate of drug-likeness (QED) is 0.878. The van der Waals surface area contributed by atoms with E-state index in [1.54, 1.807) is 12.1 Å². The van der Waals surface area contributed by atoms with Gasteiger partial charge in [0.05, 0.1) is 11.1 Å². The summed E-state index contributed by atoms with van der Waals surface area (Å²) in [4.78, 5) is 15.7. The molecule has 0 radical (unpaired) electrons. The average molecular weight is 269 g/mol. The molecule has 2 N–H and O–H groups in total. The van der Waals surface area contributed by atoms with Crippen molar-refractivity contribution in [1.29, 1.82) is 0 Å². The Morgan fingerprint density at radius 3 is 2.83 bits per heavy atom. The zero-order valence-corrected chi connectivity index (χ0v) is 10.9. The molecule has 2 rings (SSSR count). The lowest BCUT2D eigenvalue weighted by Gasteiger charge is -2.17. The van der Waals surface area contributed by atoms with Crippen LogP contribution in [0.1, 0.15) is 36.2 Å². The number of amides is 1. The maximum absolute atomic E-state index is 11.7. The average Bonchev–Trinajstić information content (AvgIpc) is 2.90. The van der Waals surface area contributed by atoms with E-state index in [0.29, 0.717) is 16.6 Å². The van der Waals surface area contributed by atoms with E-state index in [1.165, 1.54) is 19.0 Å². The highest BCUT2D eigenvalue weighted by molar-refractivity contribution is 6.30. The van der Waals surface area contributed by atoms with E-state index >= 15 is 0 Å². The van der Waals surface area contributed by atoms with Gasteiger partial charge in [-0.25, -0.2) is 4.98 Å². The minimum absolute atomic E-state index is 0.274. The number of halogens is 1. The van der Waals surface area contributed by atoms with Crippen molar-refractivity contribution in [3.63, 3.8) is 0 Å². The predicted molar refractivity (Wildman–Crippen MR) is 69.5 cm³/mol. The van der Waals surface area contributed by atoms with Gasteiger partial charge in [0.2, 0.25) is 0 Å². The molecule has 0 saturated heterocycles. The molecule has 1 amide bonds. The summed E-state index contributed by atoms with van der Waals surface area (Å²) >= 11 is 5.70. The summed E-state index contributed by atoms with van der Waals surface area (Å²) in [6, 6.07) is 3.19. The Labute approximate surface area is 111 Å². The number of carbonyl (C=O) groups is 1. The molecule has 5 heteroatoms. The highest BCUT2D eigenvalue weighted by Gasteiger charge is 2.23. The summed E-state index contributed by atoms with van der Waals surface area (Å²) in [6.07, 6.45) is 5.43. The Kier molecular flexibility index (Phi) is 4.55. The summed E-state index contributed by atoms with van der Waals surface area (Å²) in [5.41, 5.74) is 0.318. The van der Waals surface area contributed by atoms with Crippen LogP contribution in [0.3, 0.4) is 0 Å². The van der Waals surface area contributed by atoms with Crippen molar-refractivity contribution >= 4 is 17.5 Å². The molecule has 1 aliphatic carbocycles. The summed E-state index contributed by atoms with van der Waals surface area (Å²) < 4.78 is 0. The first-order valence-corrected chi connectivity index (χ1v) is 6.62. The third-order valence-corrected chi connectivity index (χ3v) is 3.60. The number of carbonyl (C=O) groups excluding carboxylic acids is 1. The van der Waals surface area contributed by atoms with E-state index in [2.05, 4.69) is 10.3 Å². The SMILES string of the molecule is O=C(NCC(O)C1CCCC1)c1ccc(Cl)cn1.